The maximum Gasteiger partial charge on any atom is 0.303 e. The molecule has 1 aliphatic carbocycles. The van der Waals surface area contributed by atoms with E-state index < -0.39 is 5.97 Å². The molecule has 1 amide bonds. The Morgan fingerprint density at radius 2 is 1.92 bits per heavy atom. The number of pyridine rings is 1. The highest BCUT2D eigenvalue weighted by atomic mass is 16.4. The molecule has 0 aliphatic heterocycles. The first-order valence-corrected chi connectivity index (χ1v) is 8.64. The second kappa shape index (κ2) is 7.92. The smallest absolute Gasteiger partial charge is 0.303 e. The van der Waals surface area contributed by atoms with Gasteiger partial charge in [-0.25, -0.2) is 0 Å². The van der Waals surface area contributed by atoms with Gasteiger partial charge in [-0.15, -0.1) is 0 Å². The topological polar surface area (TPSA) is 79.3 Å². The monoisotopic (exact) mass is 338 g/mol. The first-order valence-electron chi connectivity index (χ1n) is 8.64. The highest BCUT2D eigenvalue weighted by Crippen LogP contribution is 2.39. The normalized spacial score (nSPS) is 14.7. The van der Waals surface area contributed by atoms with E-state index in [0.717, 1.165) is 5.56 Å². The molecule has 0 saturated heterocycles. The molecule has 0 spiro atoms. The fraction of sp³-hybridized carbons (Fsp3) is 0.350. The van der Waals surface area contributed by atoms with Crippen LogP contribution in [0.5, 0.6) is 0 Å². The average molecular weight is 338 g/mol. The number of aromatic nitrogens is 1. The molecule has 2 aromatic rings. The van der Waals surface area contributed by atoms with Crippen LogP contribution in [0.25, 0.3) is 0 Å². The lowest BCUT2D eigenvalue weighted by atomic mass is 10.0. The van der Waals surface area contributed by atoms with Crippen LogP contribution in [0, 0.1) is 0 Å². The predicted molar refractivity (Wildman–Crippen MR) is 94.5 cm³/mol. The van der Waals surface area contributed by atoms with Crippen LogP contribution in [0.2, 0.25) is 0 Å². The molecular weight excluding hydrogens is 316 g/mol. The number of rotatable bonds is 8. The summed E-state index contributed by atoms with van der Waals surface area (Å²) in [5.74, 6) is -0.515. The number of carboxylic acid groups (broad SMARTS) is 1. The van der Waals surface area contributed by atoms with E-state index in [1.54, 1.807) is 12.3 Å². The molecule has 25 heavy (non-hydrogen) atoms. The summed E-state index contributed by atoms with van der Waals surface area (Å²) < 4.78 is 0. The number of carbonyl (C=O) groups is 2. The third-order valence-corrected chi connectivity index (χ3v) is 4.43. The quantitative estimate of drug-likeness (QED) is 0.775. The van der Waals surface area contributed by atoms with Gasteiger partial charge in [-0.2, -0.15) is 0 Å². The Hall–Kier alpha value is -2.69. The van der Waals surface area contributed by atoms with Gasteiger partial charge >= 0.3 is 5.97 Å². The number of carboxylic acids is 1. The molecule has 1 atom stereocenters. The van der Waals surface area contributed by atoms with Gasteiger partial charge in [0.1, 0.15) is 5.69 Å². The molecule has 0 radical (unpaired) electrons. The molecule has 1 aliphatic rings. The van der Waals surface area contributed by atoms with Crippen molar-refractivity contribution in [1.29, 1.82) is 0 Å². The van der Waals surface area contributed by atoms with Crippen molar-refractivity contribution in [2.24, 2.45) is 0 Å². The number of nitrogens with zero attached hydrogens (tertiary/aromatic N) is 1. The summed E-state index contributed by atoms with van der Waals surface area (Å²) in [6.45, 7) is 0. The van der Waals surface area contributed by atoms with E-state index in [1.165, 1.54) is 18.4 Å². The van der Waals surface area contributed by atoms with E-state index in [1.807, 2.05) is 36.4 Å². The Morgan fingerprint density at radius 1 is 1.16 bits per heavy atom. The van der Waals surface area contributed by atoms with Crippen molar-refractivity contribution in [3.63, 3.8) is 0 Å². The number of carbonyl (C=O) groups excluding carboxylic acids is 1. The van der Waals surface area contributed by atoms with Gasteiger partial charge in [0.2, 0.25) is 0 Å². The Kier molecular flexibility index (Phi) is 5.43. The molecule has 5 heteroatoms. The minimum atomic E-state index is -0.862. The molecule has 1 heterocycles. The van der Waals surface area contributed by atoms with Crippen LogP contribution in [0.4, 0.5) is 0 Å². The number of amides is 1. The summed E-state index contributed by atoms with van der Waals surface area (Å²) in [5, 5.41) is 11.9. The maximum absolute atomic E-state index is 12.5. The number of hydrogen-bond acceptors (Lipinski definition) is 3. The van der Waals surface area contributed by atoms with Gasteiger partial charge in [-0.1, -0.05) is 36.4 Å². The van der Waals surface area contributed by atoms with Crippen LogP contribution >= 0.6 is 0 Å². The van der Waals surface area contributed by atoms with Crippen molar-refractivity contribution in [3.8, 4) is 0 Å². The van der Waals surface area contributed by atoms with Crippen molar-refractivity contribution in [2.45, 2.75) is 44.1 Å². The van der Waals surface area contributed by atoms with Crippen LogP contribution in [-0.2, 0) is 11.2 Å². The van der Waals surface area contributed by atoms with E-state index in [9.17, 15) is 9.59 Å². The summed E-state index contributed by atoms with van der Waals surface area (Å²) in [7, 11) is 0. The lowest BCUT2D eigenvalue weighted by Gasteiger charge is -2.18. The molecule has 1 saturated carbocycles. The molecule has 1 aromatic carbocycles. The minimum absolute atomic E-state index is 0.0197. The summed E-state index contributed by atoms with van der Waals surface area (Å²) in [4.78, 5) is 27.6. The number of benzene rings is 1. The third kappa shape index (κ3) is 5.14. The maximum atomic E-state index is 12.5. The van der Waals surface area contributed by atoms with Gasteiger partial charge in [0.25, 0.3) is 5.91 Å². The predicted octanol–water partition coefficient (Wildman–Crippen LogP) is 3.16. The third-order valence-electron chi connectivity index (χ3n) is 4.43. The van der Waals surface area contributed by atoms with Crippen LogP contribution in [0.15, 0.2) is 48.7 Å². The largest absolute Gasteiger partial charge is 0.481 e. The van der Waals surface area contributed by atoms with Crippen molar-refractivity contribution < 1.29 is 14.7 Å². The Bertz CT molecular complexity index is 724. The van der Waals surface area contributed by atoms with E-state index in [2.05, 4.69) is 10.3 Å². The summed E-state index contributed by atoms with van der Waals surface area (Å²) in [6, 6.07) is 13.2. The van der Waals surface area contributed by atoms with E-state index in [0.29, 0.717) is 24.5 Å². The first-order chi connectivity index (χ1) is 12.1. The zero-order chi connectivity index (χ0) is 17.6. The lowest BCUT2D eigenvalue weighted by Crippen LogP contribution is -2.37. The van der Waals surface area contributed by atoms with Gasteiger partial charge < -0.3 is 10.4 Å². The van der Waals surface area contributed by atoms with Gasteiger partial charge in [0.05, 0.1) is 0 Å². The highest BCUT2D eigenvalue weighted by molar-refractivity contribution is 5.92. The average Bonchev–Trinajstić information content (AvgIpc) is 3.46. The van der Waals surface area contributed by atoms with E-state index >= 15 is 0 Å². The second-order valence-electron chi connectivity index (χ2n) is 6.54. The van der Waals surface area contributed by atoms with Crippen LogP contribution in [-0.4, -0.2) is 28.0 Å². The fourth-order valence-electron chi connectivity index (χ4n) is 2.88. The summed E-state index contributed by atoms with van der Waals surface area (Å²) >= 11 is 0. The first kappa shape index (κ1) is 17.1. The highest BCUT2D eigenvalue weighted by Gasteiger charge is 2.24. The fourth-order valence-corrected chi connectivity index (χ4v) is 2.88. The molecule has 2 N–H and O–H groups in total. The van der Waals surface area contributed by atoms with E-state index in [-0.39, 0.29) is 18.4 Å². The molecule has 1 unspecified atom stereocenters. The molecule has 130 valence electrons. The molecular formula is C20H22N2O3. The molecule has 3 rings (SSSR count). The van der Waals surface area contributed by atoms with Crippen molar-refractivity contribution in [3.05, 3.63) is 65.5 Å². The second-order valence-corrected chi connectivity index (χ2v) is 6.54. The van der Waals surface area contributed by atoms with Crippen LogP contribution in [0.3, 0.4) is 0 Å². The van der Waals surface area contributed by atoms with E-state index in [4.69, 9.17) is 5.11 Å². The van der Waals surface area contributed by atoms with Gasteiger partial charge in [-0.3, -0.25) is 14.6 Å². The van der Waals surface area contributed by atoms with Crippen molar-refractivity contribution in [1.82, 2.24) is 10.3 Å². The molecule has 1 aromatic heterocycles. The van der Waals surface area contributed by atoms with Crippen molar-refractivity contribution in [2.75, 3.05) is 0 Å². The number of hydrogen-bond donors (Lipinski definition) is 2. The Morgan fingerprint density at radius 3 is 2.52 bits per heavy atom. The van der Waals surface area contributed by atoms with Gasteiger partial charge in [0.15, 0.2) is 0 Å². The number of nitrogens with one attached hydrogen (secondary N) is 1. The molecule has 1 fully saturated rings. The zero-order valence-electron chi connectivity index (χ0n) is 14.0. The number of aliphatic carboxylic acids is 1. The van der Waals surface area contributed by atoms with Crippen LogP contribution in [0.1, 0.15) is 53.2 Å². The van der Waals surface area contributed by atoms with Gasteiger partial charge in [0, 0.05) is 18.7 Å². The van der Waals surface area contributed by atoms with Crippen molar-refractivity contribution >= 4 is 11.9 Å². The molecule has 5 nitrogen and oxygen atoms in total. The lowest BCUT2D eigenvalue weighted by molar-refractivity contribution is -0.137. The zero-order valence-corrected chi connectivity index (χ0v) is 14.0. The standard InChI is InChI=1S/C20H22N2O3/c23-19(24)11-9-17(12-14-4-2-1-3-5-14)22-20(25)18-10-8-16(13-21-18)15-6-7-15/h1-5,8,10,13,15,17H,6-7,9,11-12H2,(H,22,25)(H,23,24). The Labute approximate surface area is 147 Å². The minimum Gasteiger partial charge on any atom is -0.481 e. The van der Waals surface area contributed by atoms with Crippen LogP contribution < -0.4 is 5.32 Å². The Balaban J connectivity index is 1.64. The summed E-state index contributed by atoms with van der Waals surface area (Å²) in [6.07, 6.45) is 5.17. The van der Waals surface area contributed by atoms with Gasteiger partial charge in [-0.05, 0) is 48.8 Å². The molecule has 0 bridgehead atoms. The SMILES string of the molecule is O=C(O)CCC(Cc1ccccc1)NC(=O)c1ccc(C2CC2)cn1. The summed E-state index contributed by atoms with van der Waals surface area (Å²) in [5.41, 5.74) is 2.62.